The van der Waals surface area contributed by atoms with E-state index in [0.29, 0.717) is 5.78 Å². The van der Waals surface area contributed by atoms with Crippen LogP contribution in [0.2, 0.25) is 0 Å². The number of hydrogen-bond acceptors (Lipinski definition) is 1. The summed E-state index contributed by atoms with van der Waals surface area (Å²) in [5.41, 5.74) is 3.36. The lowest BCUT2D eigenvalue weighted by Crippen LogP contribution is -2.21. The second-order valence-corrected chi connectivity index (χ2v) is 4.71. The van der Waals surface area contributed by atoms with Crippen LogP contribution in [-0.4, -0.2) is 10.4 Å². The van der Waals surface area contributed by atoms with E-state index in [1.807, 2.05) is 26.1 Å². The first-order valence-corrected chi connectivity index (χ1v) is 5.80. The molecule has 0 radical (unpaired) electrons. The number of aromatic nitrogens is 1. The fourth-order valence-electron chi connectivity index (χ4n) is 2.76. The first-order valence-electron chi connectivity index (χ1n) is 5.80. The lowest BCUT2D eigenvalue weighted by atomic mass is 9.87. The van der Waals surface area contributed by atoms with E-state index in [4.69, 9.17) is 0 Å². The molecular weight excluding hydrogens is 198 g/mol. The van der Waals surface area contributed by atoms with E-state index in [0.717, 1.165) is 18.5 Å². The molecule has 0 fully saturated rings. The highest BCUT2D eigenvalue weighted by Gasteiger charge is 2.28. The second kappa shape index (κ2) is 3.21. The molecule has 1 atom stereocenters. The van der Waals surface area contributed by atoms with Crippen LogP contribution in [0.5, 0.6) is 0 Å². The van der Waals surface area contributed by atoms with Crippen molar-refractivity contribution in [3.05, 3.63) is 35.5 Å². The zero-order valence-electron chi connectivity index (χ0n) is 9.66. The van der Waals surface area contributed by atoms with Crippen LogP contribution in [0.15, 0.2) is 24.3 Å². The minimum atomic E-state index is 0.176. The van der Waals surface area contributed by atoms with Gasteiger partial charge in [-0.15, -0.1) is 0 Å². The molecule has 0 bridgehead atoms. The topological polar surface area (TPSA) is 22.0 Å². The highest BCUT2D eigenvalue weighted by molar-refractivity contribution is 6.04. The van der Waals surface area contributed by atoms with E-state index in [1.54, 1.807) is 0 Å². The van der Waals surface area contributed by atoms with Crippen molar-refractivity contribution in [2.45, 2.75) is 19.8 Å². The molecular formula is C14H15NO. The van der Waals surface area contributed by atoms with E-state index >= 15 is 0 Å². The van der Waals surface area contributed by atoms with Gasteiger partial charge in [-0.1, -0.05) is 25.1 Å². The van der Waals surface area contributed by atoms with Crippen molar-refractivity contribution in [1.82, 2.24) is 4.57 Å². The number of rotatable bonds is 0. The minimum absolute atomic E-state index is 0.176. The van der Waals surface area contributed by atoms with Crippen molar-refractivity contribution in [3.8, 4) is 0 Å². The number of nitrogens with zero attached hydrogens (tertiary/aromatic N) is 1. The van der Waals surface area contributed by atoms with Crippen LogP contribution in [0.25, 0.3) is 10.9 Å². The Bertz CT molecular complexity index is 580. The molecule has 0 spiro atoms. The fraction of sp³-hybridized carbons (Fsp3) is 0.357. The maximum absolute atomic E-state index is 12.2. The van der Waals surface area contributed by atoms with E-state index < -0.39 is 0 Å². The van der Waals surface area contributed by atoms with Crippen LogP contribution in [0, 0.1) is 5.92 Å². The van der Waals surface area contributed by atoms with Gasteiger partial charge in [0.2, 0.25) is 0 Å². The van der Waals surface area contributed by atoms with Crippen LogP contribution >= 0.6 is 0 Å². The lowest BCUT2D eigenvalue weighted by Gasteiger charge is -2.18. The number of benzene rings is 1. The number of Topliss-reactive ketones (excluding diaryl/α,β-unsaturated/α-hetero) is 1. The van der Waals surface area contributed by atoms with Gasteiger partial charge in [-0.2, -0.15) is 0 Å². The van der Waals surface area contributed by atoms with Crippen molar-refractivity contribution >= 4 is 16.7 Å². The third kappa shape index (κ3) is 1.10. The van der Waals surface area contributed by atoms with Crippen molar-refractivity contribution in [1.29, 1.82) is 0 Å². The monoisotopic (exact) mass is 213 g/mol. The van der Waals surface area contributed by atoms with Gasteiger partial charge in [0.25, 0.3) is 0 Å². The number of ketones is 1. The zero-order chi connectivity index (χ0) is 11.3. The van der Waals surface area contributed by atoms with Crippen molar-refractivity contribution < 1.29 is 4.79 Å². The van der Waals surface area contributed by atoms with Gasteiger partial charge in [-0.3, -0.25) is 4.79 Å². The molecule has 1 unspecified atom stereocenters. The zero-order valence-corrected chi connectivity index (χ0v) is 9.66. The molecule has 3 rings (SSSR count). The summed E-state index contributed by atoms with van der Waals surface area (Å²) >= 11 is 0. The molecule has 82 valence electrons. The van der Waals surface area contributed by atoms with E-state index in [1.165, 1.54) is 16.5 Å². The predicted octanol–water partition coefficient (Wildman–Crippen LogP) is 2.94. The summed E-state index contributed by atoms with van der Waals surface area (Å²) in [4.78, 5) is 12.2. The number of aryl methyl sites for hydroxylation is 2. The van der Waals surface area contributed by atoms with E-state index in [-0.39, 0.29) is 5.92 Å². The summed E-state index contributed by atoms with van der Waals surface area (Å²) in [5, 5.41) is 1.25. The van der Waals surface area contributed by atoms with Crippen LogP contribution in [-0.2, 0) is 13.5 Å². The molecule has 0 aliphatic heterocycles. The molecule has 1 aromatic heterocycles. The van der Waals surface area contributed by atoms with Crippen LogP contribution in [0.4, 0.5) is 0 Å². The average molecular weight is 213 g/mol. The van der Waals surface area contributed by atoms with Gasteiger partial charge in [0.1, 0.15) is 0 Å². The second-order valence-electron chi connectivity index (χ2n) is 4.71. The smallest absolute Gasteiger partial charge is 0.182 e. The minimum Gasteiger partial charge on any atom is -0.341 e. The lowest BCUT2D eigenvalue weighted by molar-refractivity contribution is 0.0905. The molecule has 0 N–H and O–H groups in total. The molecule has 16 heavy (non-hydrogen) atoms. The Kier molecular flexibility index (Phi) is 1.93. The molecule has 0 saturated carbocycles. The first-order chi connectivity index (χ1) is 7.70. The Labute approximate surface area is 94.9 Å². The van der Waals surface area contributed by atoms with Gasteiger partial charge >= 0.3 is 0 Å². The molecule has 1 aliphatic rings. The van der Waals surface area contributed by atoms with E-state index in [2.05, 4.69) is 16.7 Å². The molecule has 2 nitrogen and oxygen atoms in total. The van der Waals surface area contributed by atoms with Crippen molar-refractivity contribution in [2.75, 3.05) is 0 Å². The van der Waals surface area contributed by atoms with Crippen LogP contribution in [0.1, 0.15) is 29.4 Å². The highest BCUT2D eigenvalue weighted by atomic mass is 16.1. The summed E-state index contributed by atoms with van der Waals surface area (Å²) in [6, 6.07) is 8.29. The highest BCUT2D eigenvalue weighted by Crippen LogP contribution is 2.33. The Balaban J connectivity index is 2.39. The van der Waals surface area contributed by atoms with Gasteiger partial charge < -0.3 is 4.57 Å². The molecule has 1 aliphatic carbocycles. The first kappa shape index (κ1) is 9.64. The number of hydrogen-bond donors (Lipinski definition) is 0. The Morgan fingerprint density at radius 3 is 2.88 bits per heavy atom. The summed E-state index contributed by atoms with van der Waals surface area (Å²) in [6.07, 6.45) is 2.02. The maximum Gasteiger partial charge on any atom is 0.182 e. The molecule has 2 heteroatoms. The molecule has 0 saturated heterocycles. The number of para-hydroxylation sites is 1. The van der Waals surface area contributed by atoms with E-state index in [9.17, 15) is 4.79 Å². The SMILES string of the molecule is CC1CCc2c(n(C)c3ccccc23)C1=O. The molecule has 2 aromatic rings. The van der Waals surface area contributed by atoms with Crippen LogP contribution < -0.4 is 0 Å². The van der Waals surface area contributed by atoms with Gasteiger partial charge in [-0.25, -0.2) is 0 Å². The van der Waals surface area contributed by atoms with Crippen molar-refractivity contribution in [2.24, 2.45) is 13.0 Å². The Morgan fingerprint density at radius 1 is 1.31 bits per heavy atom. The van der Waals surface area contributed by atoms with Crippen molar-refractivity contribution in [3.63, 3.8) is 0 Å². The van der Waals surface area contributed by atoms with Gasteiger partial charge in [0.15, 0.2) is 5.78 Å². The largest absolute Gasteiger partial charge is 0.341 e. The van der Waals surface area contributed by atoms with Gasteiger partial charge in [0.05, 0.1) is 5.69 Å². The van der Waals surface area contributed by atoms with Gasteiger partial charge in [0, 0.05) is 23.9 Å². The normalized spacial score (nSPS) is 20.1. The quantitative estimate of drug-likeness (QED) is 0.659. The predicted molar refractivity (Wildman–Crippen MR) is 64.7 cm³/mol. The third-order valence-corrected chi connectivity index (χ3v) is 3.72. The molecule has 1 heterocycles. The third-order valence-electron chi connectivity index (χ3n) is 3.72. The summed E-state index contributed by atoms with van der Waals surface area (Å²) in [6.45, 7) is 2.03. The molecule has 1 aromatic carbocycles. The number of fused-ring (bicyclic) bond motifs is 3. The standard InChI is InChI=1S/C14H15NO/c1-9-7-8-11-10-5-3-4-6-12(10)15(2)13(11)14(9)16/h3-6,9H,7-8H2,1-2H3. The fourth-order valence-corrected chi connectivity index (χ4v) is 2.76. The van der Waals surface area contributed by atoms with Gasteiger partial charge in [-0.05, 0) is 24.5 Å². The molecule has 0 amide bonds. The maximum atomic E-state index is 12.2. The average Bonchev–Trinajstić information content (AvgIpc) is 2.59. The Hall–Kier alpha value is -1.57. The number of carbonyl (C=O) groups excluding carboxylic acids is 1. The summed E-state index contributed by atoms with van der Waals surface area (Å²) < 4.78 is 2.06. The van der Waals surface area contributed by atoms with Crippen LogP contribution in [0.3, 0.4) is 0 Å². The summed E-state index contributed by atoms with van der Waals surface area (Å²) in [5.74, 6) is 0.482. The summed E-state index contributed by atoms with van der Waals surface area (Å²) in [7, 11) is 2.00. The Morgan fingerprint density at radius 2 is 2.06 bits per heavy atom. The number of carbonyl (C=O) groups is 1.